The fourth-order valence-corrected chi connectivity index (χ4v) is 4.46. The van der Waals surface area contributed by atoms with E-state index in [1.807, 2.05) is 37.3 Å². The molecule has 1 aromatic heterocycles. The van der Waals surface area contributed by atoms with Gasteiger partial charge in [0.05, 0.1) is 12.3 Å². The lowest BCUT2D eigenvalue weighted by atomic mass is 9.98. The third kappa shape index (κ3) is 5.62. The molecule has 3 rings (SSSR count). The highest BCUT2D eigenvalue weighted by molar-refractivity contribution is 7.88. The summed E-state index contributed by atoms with van der Waals surface area (Å²) in [4.78, 5) is 2.26. The van der Waals surface area contributed by atoms with Crippen molar-refractivity contribution in [2.45, 2.75) is 38.5 Å². The standard InChI is InChI=1S/C18H26N4O3S/c1-2-17-20-21-18(25-17)13-22-10-6-9-16(12-22)11-19-26(23,24)14-15-7-4-3-5-8-15/h3-5,7-8,16,19H,2,6,9-14H2,1H3. The number of piperidine rings is 1. The van der Waals surface area contributed by atoms with Crippen molar-refractivity contribution in [3.05, 3.63) is 47.7 Å². The second-order valence-electron chi connectivity index (χ2n) is 6.78. The van der Waals surface area contributed by atoms with Gasteiger partial charge in [0.2, 0.25) is 21.8 Å². The van der Waals surface area contributed by atoms with Crippen molar-refractivity contribution >= 4 is 10.0 Å². The van der Waals surface area contributed by atoms with Gasteiger partial charge in [-0.2, -0.15) is 0 Å². The first-order valence-electron chi connectivity index (χ1n) is 9.09. The van der Waals surface area contributed by atoms with Crippen molar-refractivity contribution < 1.29 is 12.8 Å². The molecule has 8 heteroatoms. The molecule has 0 bridgehead atoms. The number of likely N-dealkylation sites (tertiary alicyclic amines) is 1. The van der Waals surface area contributed by atoms with Gasteiger partial charge >= 0.3 is 0 Å². The van der Waals surface area contributed by atoms with E-state index >= 15 is 0 Å². The van der Waals surface area contributed by atoms with E-state index in [4.69, 9.17) is 4.42 Å². The molecule has 0 aliphatic carbocycles. The van der Waals surface area contributed by atoms with Crippen molar-refractivity contribution in [2.24, 2.45) is 5.92 Å². The van der Waals surface area contributed by atoms with Gasteiger partial charge in [-0.1, -0.05) is 37.3 Å². The summed E-state index contributed by atoms with van der Waals surface area (Å²) in [5.41, 5.74) is 0.799. The minimum absolute atomic E-state index is 0.0199. The van der Waals surface area contributed by atoms with Crippen LogP contribution >= 0.6 is 0 Å². The zero-order chi connectivity index (χ0) is 18.4. The van der Waals surface area contributed by atoms with Crippen LogP contribution in [-0.4, -0.2) is 43.1 Å². The van der Waals surface area contributed by atoms with E-state index < -0.39 is 10.0 Å². The predicted octanol–water partition coefficient (Wildman–Crippen LogP) is 1.96. The zero-order valence-corrected chi connectivity index (χ0v) is 15.9. The summed E-state index contributed by atoms with van der Waals surface area (Å²) >= 11 is 0. The number of nitrogens with zero attached hydrogens (tertiary/aromatic N) is 3. The van der Waals surface area contributed by atoms with E-state index in [1.165, 1.54) is 0 Å². The molecule has 1 aromatic carbocycles. The maximum Gasteiger partial charge on any atom is 0.230 e. The molecule has 2 aromatic rings. The topological polar surface area (TPSA) is 88.3 Å². The second kappa shape index (κ2) is 8.75. The van der Waals surface area contributed by atoms with Crippen molar-refractivity contribution in [1.29, 1.82) is 0 Å². The van der Waals surface area contributed by atoms with Crippen LogP contribution in [0.2, 0.25) is 0 Å². The SMILES string of the molecule is CCc1nnc(CN2CCCC(CNS(=O)(=O)Cc3ccccc3)C2)o1. The quantitative estimate of drug-likeness (QED) is 0.755. The van der Waals surface area contributed by atoms with E-state index in [-0.39, 0.29) is 5.75 Å². The average molecular weight is 378 g/mol. The van der Waals surface area contributed by atoms with Crippen LogP contribution < -0.4 is 4.72 Å². The zero-order valence-electron chi connectivity index (χ0n) is 15.1. The molecule has 0 radical (unpaired) electrons. The van der Waals surface area contributed by atoms with Crippen LogP contribution in [0, 0.1) is 5.92 Å². The van der Waals surface area contributed by atoms with E-state index in [1.54, 1.807) is 0 Å². The number of benzene rings is 1. The highest BCUT2D eigenvalue weighted by Gasteiger charge is 2.23. The Balaban J connectivity index is 1.48. The van der Waals surface area contributed by atoms with Crippen LogP contribution in [0.4, 0.5) is 0 Å². The maximum atomic E-state index is 12.3. The number of hydrogen-bond donors (Lipinski definition) is 1. The normalized spacial score (nSPS) is 18.9. The Morgan fingerprint density at radius 1 is 1.23 bits per heavy atom. The van der Waals surface area contributed by atoms with E-state index in [2.05, 4.69) is 19.8 Å². The Morgan fingerprint density at radius 3 is 2.73 bits per heavy atom. The number of sulfonamides is 1. The van der Waals surface area contributed by atoms with Gasteiger partial charge in [-0.3, -0.25) is 4.90 Å². The number of rotatable bonds is 8. The largest absolute Gasteiger partial charge is 0.424 e. The summed E-state index contributed by atoms with van der Waals surface area (Å²) in [5.74, 6) is 1.60. The summed E-state index contributed by atoms with van der Waals surface area (Å²) in [6.45, 7) is 4.88. The molecule has 1 saturated heterocycles. The van der Waals surface area contributed by atoms with Crippen LogP contribution in [0.15, 0.2) is 34.7 Å². The summed E-state index contributed by atoms with van der Waals surface area (Å²) < 4.78 is 32.9. The van der Waals surface area contributed by atoms with Gasteiger partial charge in [0.15, 0.2) is 0 Å². The molecule has 1 aliphatic heterocycles. The summed E-state index contributed by atoms with van der Waals surface area (Å²) in [6, 6.07) is 9.25. The first-order valence-corrected chi connectivity index (χ1v) is 10.7. The van der Waals surface area contributed by atoms with Gasteiger partial charge in [-0.05, 0) is 30.9 Å². The molecular formula is C18H26N4O3S. The van der Waals surface area contributed by atoms with Gasteiger partial charge in [0.1, 0.15) is 0 Å². The first kappa shape index (κ1) is 19.0. The molecule has 0 spiro atoms. The second-order valence-corrected chi connectivity index (χ2v) is 8.59. The van der Waals surface area contributed by atoms with Gasteiger partial charge in [-0.25, -0.2) is 13.1 Å². The number of aromatic nitrogens is 2. The Morgan fingerprint density at radius 2 is 2.00 bits per heavy atom. The van der Waals surface area contributed by atoms with Crippen molar-refractivity contribution in [3.8, 4) is 0 Å². The fourth-order valence-electron chi connectivity index (χ4n) is 3.24. The van der Waals surface area contributed by atoms with Crippen LogP contribution in [0.3, 0.4) is 0 Å². The van der Waals surface area contributed by atoms with Crippen molar-refractivity contribution in [1.82, 2.24) is 19.8 Å². The van der Waals surface area contributed by atoms with Gasteiger partial charge in [-0.15, -0.1) is 10.2 Å². The first-order chi connectivity index (χ1) is 12.5. The molecule has 1 N–H and O–H groups in total. The molecule has 1 unspecified atom stereocenters. The smallest absolute Gasteiger partial charge is 0.230 e. The van der Waals surface area contributed by atoms with E-state index in [0.717, 1.165) is 37.9 Å². The van der Waals surface area contributed by atoms with E-state index in [9.17, 15) is 8.42 Å². The minimum atomic E-state index is -3.32. The molecule has 2 heterocycles. The Bertz CT molecular complexity index is 792. The van der Waals surface area contributed by atoms with Gasteiger partial charge in [0, 0.05) is 19.5 Å². The van der Waals surface area contributed by atoms with Crippen molar-refractivity contribution in [2.75, 3.05) is 19.6 Å². The van der Waals surface area contributed by atoms with Crippen LogP contribution in [0.5, 0.6) is 0 Å². The molecule has 7 nitrogen and oxygen atoms in total. The van der Waals surface area contributed by atoms with Crippen molar-refractivity contribution in [3.63, 3.8) is 0 Å². The van der Waals surface area contributed by atoms with E-state index in [0.29, 0.717) is 30.8 Å². The third-order valence-corrected chi connectivity index (χ3v) is 5.88. The van der Waals surface area contributed by atoms with Crippen LogP contribution in [-0.2, 0) is 28.7 Å². The molecule has 1 fully saturated rings. The van der Waals surface area contributed by atoms with Gasteiger partial charge < -0.3 is 4.42 Å². The summed E-state index contributed by atoms with van der Waals surface area (Å²) in [7, 11) is -3.32. The lowest BCUT2D eigenvalue weighted by molar-refractivity contribution is 0.155. The molecule has 1 atom stereocenters. The predicted molar refractivity (Wildman–Crippen MR) is 98.7 cm³/mol. The maximum absolute atomic E-state index is 12.3. The Kier molecular flexibility index (Phi) is 6.39. The lowest BCUT2D eigenvalue weighted by Crippen LogP contribution is -2.40. The molecule has 1 aliphatic rings. The monoisotopic (exact) mass is 378 g/mol. The molecule has 0 saturated carbocycles. The average Bonchev–Trinajstić information content (AvgIpc) is 3.08. The highest BCUT2D eigenvalue weighted by Crippen LogP contribution is 2.18. The molecule has 142 valence electrons. The minimum Gasteiger partial charge on any atom is -0.424 e. The summed E-state index contributed by atoms with van der Waals surface area (Å²) in [6.07, 6.45) is 2.80. The number of aryl methyl sites for hydroxylation is 1. The fraction of sp³-hybridized carbons (Fsp3) is 0.556. The van der Waals surface area contributed by atoms with Crippen LogP contribution in [0.1, 0.15) is 37.1 Å². The third-order valence-electron chi connectivity index (χ3n) is 4.56. The highest BCUT2D eigenvalue weighted by atomic mass is 32.2. The molecular weight excluding hydrogens is 352 g/mol. The lowest BCUT2D eigenvalue weighted by Gasteiger charge is -2.31. The molecule has 0 amide bonds. The molecule has 26 heavy (non-hydrogen) atoms. The summed E-state index contributed by atoms with van der Waals surface area (Å²) in [5, 5.41) is 8.06. The van der Waals surface area contributed by atoms with Crippen LogP contribution in [0.25, 0.3) is 0 Å². The number of hydrogen-bond acceptors (Lipinski definition) is 6. The Labute approximate surface area is 154 Å². The van der Waals surface area contributed by atoms with Gasteiger partial charge in [0.25, 0.3) is 0 Å². The number of nitrogens with one attached hydrogen (secondary N) is 1. The Hall–Kier alpha value is -1.77.